The van der Waals surface area contributed by atoms with Crippen molar-refractivity contribution < 1.29 is 0 Å². The van der Waals surface area contributed by atoms with E-state index in [2.05, 4.69) is 46.8 Å². The fraction of sp³-hybridized carbons (Fsp3) is 0.357. The van der Waals surface area contributed by atoms with E-state index in [0.717, 1.165) is 13.0 Å². The normalized spacial score (nSPS) is 12.6. The summed E-state index contributed by atoms with van der Waals surface area (Å²) in [5.74, 6) is 0.713. The van der Waals surface area contributed by atoms with Gasteiger partial charge >= 0.3 is 0 Å². The molecule has 0 N–H and O–H groups in total. The van der Waals surface area contributed by atoms with E-state index >= 15 is 0 Å². The number of rotatable bonds is 5. The zero-order chi connectivity index (χ0) is 11.2. The second-order valence-electron chi connectivity index (χ2n) is 4.38. The van der Waals surface area contributed by atoms with Gasteiger partial charge in [0.15, 0.2) is 0 Å². The molecule has 0 aliphatic rings. The molecule has 0 spiro atoms. The van der Waals surface area contributed by atoms with E-state index in [4.69, 9.17) is 0 Å². The largest absolute Gasteiger partial charge is 0.337 e. The van der Waals surface area contributed by atoms with Gasteiger partial charge in [0.25, 0.3) is 0 Å². The van der Waals surface area contributed by atoms with E-state index in [-0.39, 0.29) is 0 Å². The molecule has 1 atom stereocenters. The first-order chi connectivity index (χ1) is 7.84. The van der Waals surface area contributed by atoms with Crippen molar-refractivity contribution in [3.05, 3.63) is 54.6 Å². The molecule has 2 rings (SSSR count). The maximum atomic E-state index is 4.05. The average molecular weight is 214 g/mol. The van der Waals surface area contributed by atoms with Gasteiger partial charge in [0.2, 0.25) is 0 Å². The van der Waals surface area contributed by atoms with Crippen molar-refractivity contribution in [2.45, 2.75) is 26.3 Å². The summed E-state index contributed by atoms with van der Waals surface area (Å²) in [6.07, 6.45) is 8.10. The number of aryl methyl sites for hydroxylation is 1. The van der Waals surface area contributed by atoms with Crippen molar-refractivity contribution in [3.63, 3.8) is 0 Å². The summed E-state index contributed by atoms with van der Waals surface area (Å²) in [4.78, 5) is 4.05. The maximum Gasteiger partial charge on any atom is 0.0945 e. The van der Waals surface area contributed by atoms with Gasteiger partial charge in [-0.2, -0.15) is 0 Å². The predicted octanol–water partition coefficient (Wildman–Crippen LogP) is 3.15. The zero-order valence-corrected chi connectivity index (χ0v) is 9.71. The summed E-state index contributed by atoms with van der Waals surface area (Å²) in [6.45, 7) is 3.37. The van der Waals surface area contributed by atoms with Crippen LogP contribution in [0.25, 0.3) is 0 Å². The Bertz CT molecular complexity index is 392. The van der Waals surface area contributed by atoms with Crippen molar-refractivity contribution in [1.29, 1.82) is 0 Å². The van der Waals surface area contributed by atoms with Crippen LogP contribution in [0.5, 0.6) is 0 Å². The molecule has 1 heterocycles. The Hall–Kier alpha value is -1.57. The monoisotopic (exact) mass is 214 g/mol. The van der Waals surface area contributed by atoms with Crippen molar-refractivity contribution >= 4 is 0 Å². The summed E-state index contributed by atoms with van der Waals surface area (Å²) < 4.78 is 2.14. The molecule has 0 bridgehead atoms. The molecule has 16 heavy (non-hydrogen) atoms. The van der Waals surface area contributed by atoms with Gasteiger partial charge < -0.3 is 4.57 Å². The predicted molar refractivity (Wildman–Crippen MR) is 66.2 cm³/mol. The molecule has 84 valence electrons. The lowest BCUT2D eigenvalue weighted by atomic mass is 9.98. The molecule has 1 unspecified atom stereocenters. The molecule has 0 saturated heterocycles. The Morgan fingerprint density at radius 3 is 2.75 bits per heavy atom. The average Bonchev–Trinajstić information content (AvgIpc) is 2.81. The molecule has 2 aromatic rings. The lowest BCUT2D eigenvalue weighted by Crippen LogP contribution is -2.04. The Kier molecular flexibility index (Phi) is 3.76. The fourth-order valence-corrected chi connectivity index (χ4v) is 1.91. The van der Waals surface area contributed by atoms with E-state index in [0.29, 0.717) is 5.92 Å². The summed E-state index contributed by atoms with van der Waals surface area (Å²) >= 11 is 0. The van der Waals surface area contributed by atoms with Crippen LogP contribution in [-0.2, 0) is 13.0 Å². The lowest BCUT2D eigenvalue weighted by molar-refractivity contribution is 0.478. The van der Waals surface area contributed by atoms with Gasteiger partial charge in [-0.1, -0.05) is 37.3 Å². The highest BCUT2D eigenvalue weighted by molar-refractivity contribution is 5.14. The van der Waals surface area contributed by atoms with Crippen molar-refractivity contribution in [1.82, 2.24) is 9.55 Å². The highest BCUT2D eigenvalue weighted by atomic mass is 15.0. The molecule has 0 amide bonds. The van der Waals surface area contributed by atoms with Gasteiger partial charge in [-0.25, -0.2) is 4.98 Å². The molecular weight excluding hydrogens is 196 g/mol. The third kappa shape index (κ3) is 3.23. The standard InChI is InChI=1S/C14H18N2/c1-13(7-9-16-10-8-15-12-16)11-14-5-3-2-4-6-14/h2-6,8,10,12-13H,7,9,11H2,1H3. The van der Waals surface area contributed by atoms with Crippen molar-refractivity contribution in [2.75, 3.05) is 0 Å². The third-order valence-corrected chi connectivity index (χ3v) is 2.87. The molecular formula is C14H18N2. The van der Waals surface area contributed by atoms with Crippen LogP contribution in [0.15, 0.2) is 49.1 Å². The van der Waals surface area contributed by atoms with E-state index in [9.17, 15) is 0 Å². The summed E-state index contributed by atoms with van der Waals surface area (Å²) in [5.41, 5.74) is 1.43. The van der Waals surface area contributed by atoms with Gasteiger partial charge in [0.1, 0.15) is 0 Å². The lowest BCUT2D eigenvalue weighted by Gasteiger charge is -2.11. The summed E-state index contributed by atoms with van der Waals surface area (Å²) in [7, 11) is 0. The van der Waals surface area contributed by atoms with Crippen LogP contribution in [0.3, 0.4) is 0 Å². The zero-order valence-electron chi connectivity index (χ0n) is 9.71. The van der Waals surface area contributed by atoms with Crippen LogP contribution in [0, 0.1) is 5.92 Å². The Morgan fingerprint density at radius 2 is 2.06 bits per heavy atom. The quantitative estimate of drug-likeness (QED) is 0.747. The third-order valence-electron chi connectivity index (χ3n) is 2.87. The molecule has 0 fully saturated rings. The van der Waals surface area contributed by atoms with Crippen molar-refractivity contribution in [3.8, 4) is 0 Å². The number of benzene rings is 1. The van der Waals surface area contributed by atoms with E-state index in [1.807, 2.05) is 18.7 Å². The van der Waals surface area contributed by atoms with Gasteiger partial charge in [-0.05, 0) is 24.3 Å². The Balaban J connectivity index is 1.78. The molecule has 1 aromatic carbocycles. The minimum Gasteiger partial charge on any atom is -0.337 e. The van der Waals surface area contributed by atoms with Crippen molar-refractivity contribution in [2.24, 2.45) is 5.92 Å². The van der Waals surface area contributed by atoms with Gasteiger partial charge in [-0.15, -0.1) is 0 Å². The van der Waals surface area contributed by atoms with Crippen LogP contribution >= 0.6 is 0 Å². The molecule has 2 heteroatoms. The summed E-state index contributed by atoms with van der Waals surface area (Å²) in [6, 6.07) is 10.7. The molecule has 0 radical (unpaired) electrons. The number of hydrogen-bond donors (Lipinski definition) is 0. The van der Waals surface area contributed by atoms with Crippen LogP contribution in [-0.4, -0.2) is 9.55 Å². The summed E-state index contributed by atoms with van der Waals surface area (Å²) in [5, 5.41) is 0. The minimum absolute atomic E-state index is 0.713. The number of hydrogen-bond acceptors (Lipinski definition) is 1. The van der Waals surface area contributed by atoms with Gasteiger partial charge in [0, 0.05) is 18.9 Å². The molecule has 0 aliphatic carbocycles. The molecule has 1 aromatic heterocycles. The maximum absolute atomic E-state index is 4.05. The first kappa shape index (κ1) is 10.9. The van der Waals surface area contributed by atoms with E-state index in [1.54, 1.807) is 0 Å². The topological polar surface area (TPSA) is 17.8 Å². The number of aromatic nitrogens is 2. The minimum atomic E-state index is 0.713. The second kappa shape index (κ2) is 5.50. The Morgan fingerprint density at radius 1 is 1.25 bits per heavy atom. The number of nitrogens with zero attached hydrogens (tertiary/aromatic N) is 2. The van der Waals surface area contributed by atoms with Crippen LogP contribution in [0.1, 0.15) is 18.9 Å². The smallest absolute Gasteiger partial charge is 0.0945 e. The van der Waals surface area contributed by atoms with Crippen LogP contribution in [0.2, 0.25) is 0 Å². The van der Waals surface area contributed by atoms with Crippen LogP contribution in [0.4, 0.5) is 0 Å². The highest BCUT2D eigenvalue weighted by Crippen LogP contribution is 2.12. The van der Waals surface area contributed by atoms with Crippen LogP contribution < -0.4 is 0 Å². The molecule has 0 saturated carbocycles. The SMILES string of the molecule is CC(CCn1ccnc1)Cc1ccccc1. The first-order valence-corrected chi connectivity index (χ1v) is 5.84. The fourth-order valence-electron chi connectivity index (χ4n) is 1.91. The molecule has 0 aliphatic heterocycles. The second-order valence-corrected chi connectivity index (χ2v) is 4.38. The van der Waals surface area contributed by atoms with E-state index < -0.39 is 0 Å². The van der Waals surface area contributed by atoms with E-state index in [1.165, 1.54) is 12.0 Å². The first-order valence-electron chi connectivity index (χ1n) is 5.84. The Labute approximate surface area is 97.0 Å². The highest BCUT2D eigenvalue weighted by Gasteiger charge is 2.03. The number of imidazole rings is 1. The molecule has 2 nitrogen and oxygen atoms in total. The van der Waals surface area contributed by atoms with Gasteiger partial charge in [0.05, 0.1) is 6.33 Å². The van der Waals surface area contributed by atoms with Gasteiger partial charge in [-0.3, -0.25) is 0 Å².